The maximum atomic E-state index is 12.4. The predicted octanol–water partition coefficient (Wildman–Crippen LogP) is 8.41. The lowest BCUT2D eigenvalue weighted by Gasteiger charge is -2.17. The molecule has 2 rings (SSSR count). The van der Waals surface area contributed by atoms with Crippen LogP contribution in [-0.4, -0.2) is 21.3 Å². The van der Waals surface area contributed by atoms with Crippen LogP contribution < -0.4 is 4.74 Å². The molecule has 0 spiro atoms. The highest BCUT2D eigenvalue weighted by Crippen LogP contribution is 2.24. The molecule has 0 amide bonds. The standard InChI is InChI=1S/C29H43ClN2O2/c1-5-6-7-8-9-10-11-15-24-20-31-28(32-21-24)25-16-18-26(19-17-25)34-29(33)27(30)23(4)14-12-13-22(2)3/h16-23,27H,5-15H2,1-4H3/t23-,27+/m0/s1. The number of ether oxygens (including phenoxy) is 1. The molecule has 2 atom stereocenters. The molecule has 1 heterocycles. The summed E-state index contributed by atoms with van der Waals surface area (Å²) in [4.78, 5) is 21.5. The number of aryl methyl sites for hydroxylation is 1. The van der Waals surface area contributed by atoms with Gasteiger partial charge in [-0.2, -0.15) is 0 Å². The Bertz CT molecular complexity index is 821. The van der Waals surface area contributed by atoms with E-state index in [0.29, 0.717) is 17.5 Å². The van der Waals surface area contributed by atoms with Crippen molar-refractivity contribution >= 4 is 17.6 Å². The molecule has 188 valence electrons. The summed E-state index contributed by atoms with van der Waals surface area (Å²) < 4.78 is 5.51. The summed E-state index contributed by atoms with van der Waals surface area (Å²) in [7, 11) is 0. The van der Waals surface area contributed by atoms with Gasteiger partial charge >= 0.3 is 5.97 Å². The molecule has 0 saturated carbocycles. The van der Waals surface area contributed by atoms with Gasteiger partial charge in [0.1, 0.15) is 11.1 Å². The van der Waals surface area contributed by atoms with Crippen LogP contribution in [0.25, 0.3) is 11.4 Å². The second-order valence-electron chi connectivity index (χ2n) is 9.94. The van der Waals surface area contributed by atoms with Gasteiger partial charge in [0.25, 0.3) is 0 Å². The van der Waals surface area contributed by atoms with Gasteiger partial charge in [0, 0.05) is 18.0 Å². The van der Waals surface area contributed by atoms with Crippen LogP contribution in [0.2, 0.25) is 0 Å². The maximum absolute atomic E-state index is 12.4. The number of nitrogens with zero attached hydrogens (tertiary/aromatic N) is 2. The number of unbranched alkanes of at least 4 members (excludes halogenated alkanes) is 6. The van der Waals surface area contributed by atoms with Gasteiger partial charge in [0.05, 0.1) is 0 Å². The Hall–Kier alpha value is -1.94. The third kappa shape index (κ3) is 10.5. The van der Waals surface area contributed by atoms with Crippen molar-refractivity contribution < 1.29 is 9.53 Å². The average molecular weight is 487 g/mol. The van der Waals surface area contributed by atoms with E-state index in [1.807, 2.05) is 31.5 Å². The van der Waals surface area contributed by atoms with Crippen LogP contribution in [0.15, 0.2) is 36.7 Å². The second kappa shape index (κ2) is 15.9. The monoisotopic (exact) mass is 486 g/mol. The largest absolute Gasteiger partial charge is 0.425 e. The lowest BCUT2D eigenvalue weighted by Crippen LogP contribution is -2.27. The van der Waals surface area contributed by atoms with Gasteiger partial charge in [0.2, 0.25) is 0 Å². The molecule has 1 aromatic carbocycles. The number of hydrogen-bond donors (Lipinski definition) is 0. The SMILES string of the molecule is CCCCCCCCCc1cnc(-c2ccc(OC(=O)[C@H](Cl)[C@@H](C)CCCC(C)C)cc2)nc1. The maximum Gasteiger partial charge on any atom is 0.329 e. The highest BCUT2D eigenvalue weighted by atomic mass is 35.5. The molecule has 0 aliphatic rings. The van der Waals surface area contributed by atoms with E-state index in [2.05, 4.69) is 30.7 Å². The highest BCUT2D eigenvalue weighted by Gasteiger charge is 2.24. The number of halogens is 1. The number of hydrogen-bond acceptors (Lipinski definition) is 4. The molecule has 1 aromatic heterocycles. The van der Waals surface area contributed by atoms with Gasteiger partial charge in [-0.25, -0.2) is 9.97 Å². The minimum atomic E-state index is -0.640. The Morgan fingerprint density at radius 3 is 2.12 bits per heavy atom. The van der Waals surface area contributed by atoms with E-state index in [4.69, 9.17) is 16.3 Å². The van der Waals surface area contributed by atoms with Gasteiger partial charge in [-0.15, -0.1) is 11.6 Å². The van der Waals surface area contributed by atoms with Crippen LogP contribution >= 0.6 is 11.6 Å². The van der Waals surface area contributed by atoms with Crippen LogP contribution in [0.5, 0.6) is 5.75 Å². The molecule has 0 unspecified atom stereocenters. The van der Waals surface area contributed by atoms with Gasteiger partial charge in [-0.1, -0.05) is 79.1 Å². The summed E-state index contributed by atoms with van der Waals surface area (Å²) in [6.07, 6.45) is 17.1. The normalized spacial score (nSPS) is 13.1. The Morgan fingerprint density at radius 2 is 1.50 bits per heavy atom. The van der Waals surface area contributed by atoms with Crippen molar-refractivity contribution in [3.8, 4) is 17.1 Å². The van der Waals surface area contributed by atoms with Crippen molar-refractivity contribution in [2.24, 2.45) is 11.8 Å². The third-order valence-corrected chi connectivity index (χ3v) is 6.88. The van der Waals surface area contributed by atoms with Crippen molar-refractivity contribution in [1.82, 2.24) is 9.97 Å². The van der Waals surface area contributed by atoms with Crippen molar-refractivity contribution in [1.29, 1.82) is 0 Å². The van der Waals surface area contributed by atoms with Crippen molar-refractivity contribution in [2.45, 2.75) is 104 Å². The van der Waals surface area contributed by atoms with E-state index in [0.717, 1.165) is 31.2 Å². The van der Waals surface area contributed by atoms with Crippen LogP contribution in [0.1, 0.15) is 97.5 Å². The van der Waals surface area contributed by atoms with E-state index < -0.39 is 11.3 Å². The van der Waals surface area contributed by atoms with Crippen LogP contribution in [0, 0.1) is 11.8 Å². The molecule has 5 heteroatoms. The zero-order valence-electron chi connectivity index (χ0n) is 21.6. The molecular formula is C29H43ClN2O2. The fraction of sp³-hybridized carbons (Fsp3) is 0.621. The van der Waals surface area contributed by atoms with Crippen molar-refractivity contribution in [2.75, 3.05) is 0 Å². The summed E-state index contributed by atoms with van der Waals surface area (Å²) >= 11 is 6.37. The molecular weight excluding hydrogens is 444 g/mol. The lowest BCUT2D eigenvalue weighted by atomic mass is 9.97. The quantitative estimate of drug-likeness (QED) is 0.103. The fourth-order valence-electron chi connectivity index (χ4n) is 3.99. The Labute approximate surface area is 211 Å². The fourth-order valence-corrected chi connectivity index (χ4v) is 4.16. The van der Waals surface area contributed by atoms with E-state index >= 15 is 0 Å². The third-order valence-electron chi connectivity index (χ3n) is 6.27. The van der Waals surface area contributed by atoms with Crippen LogP contribution in [0.4, 0.5) is 0 Å². The van der Waals surface area contributed by atoms with E-state index in [-0.39, 0.29) is 5.92 Å². The van der Waals surface area contributed by atoms with Crippen LogP contribution in [-0.2, 0) is 11.2 Å². The predicted molar refractivity (Wildman–Crippen MR) is 142 cm³/mol. The summed E-state index contributed by atoms with van der Waals surface area (Å²) in [6.45, 7) is 8.67. The van der Waals surface area contributed by atoms with Gasteiger partial charge in [0.15, 0.2) is 5.82 Å². The van der Waals surface area contributed by atoms with Gasteiger partial charge in [-0.3, -0.25) is 4.79 Å². The minimum Gasteiger partial charge on any atom is -0.425 e. The van der Waals surface area contributed by atoms with Crippen molar-refractivity contribution in [3.63, 3.8) is 0 Å². The van der Waals surface area contributed by atoms with E-state index in [1.54, 1.807) is 12.1 Å². The molecule has 4 nitrogen and oxygen atoms in total. The number of benzene rings is 1. The molecule has 0 aliphatic heterocycles. The Morgan fingerprint density at radius 1 is 0.882 bits per heavy atom. The average Bonchev–Trinajstić information content (AvgIpc) is 2.83. The molecule has 0 saturated heterocycles. The summed E-state index contributed by atoms with van der Waals surface area (Å²) in [6, 6.07) is 7.30. The zero-order chi connectivity index (χ0) is 24.8. The van der Waals surface area contributed by atoms with Crippen molar-refractivity contribution in [3.05, 3.63) is 42.2 Å². The number of alkyl halides is 1. The molecule has 0 aliphatic carbocycles. The summed E-state index contributed by atoms with van der Waals surface area (Å²) in [5, 5.41) is -0.640. The Balaban J connectivity index is 1.78. The smallest absolute Gasteiger partial charge is 0.329 e. The number of aromatic nitrogens is 2. The first-order chi connectivity index (χ1) is 16.4. The molecule has 0 bridgehead atoms. The Kier molecular flexibility index (Phi) is 13.2. The first-order valence-electron chi connectivity index (χ1n) is 13.2. The minimum absolute atomic E-state index is 0.0835. The highest BCUT2D eigenvalue weighted by molar-refractivity contribution is 6.30. The number of carbonyl (C=O) groups is 1. The van der Waals surface area contributed by atoms with Gasteiger partial charge < -0.3 is 4.74 Å². The first-order valence-corrected chi connectivity index (χ1v) is 13.6. The van der Waals surface area contributed by atoms with Gasteiger partial charge in [-0.05, 0) is 60.9 Å². The molecule has 34 heavy (non-hydrogen) atoms. The number of carbonyl (C=O) groups excluding carboxylic acids is 1. The van der Waals surface area contributed by atoms with E-state index in [9.17, 15) is 4.79 Å². The first kappa shape index (κ1) is 28.3. The van der Waals surface area contributed by atoms with Crippen LogP contribution in [0.3, 0.4) is 0 Å². The molecule has 0 radical (unpaired) electrons. The topological polar surface area (TPSA) is 52.1 Å². The second-order valence-corrected chi connectivity index (χ2v) is 10.4. The number of rotatable bonds is 16. The number of esters is 1. The summed E-state index contributed by atoms with van der Waals surface area (Å²) in [5.41, 5.74) is 2.07. The lowest BCUT2D eigenvalue weighted by molar-refractivity contribution is -0.134. The molecule has 0 N–H and O–H groups in total. The molecule has 0 fully saturated rings. The summed E-state index contributed by atoms with van der Waals surface area (Å²) in [5.74, 6) is 1.52. The molecule has 2 aromatic rings. The van der Waals surface area contributed by atoms with E-state index in [1.165, 1.54) is 50.5 Å². The zero-order valence-corrected chi connectivity index (χ0v) is 22.3.